The summed E-state index contributed by atoms with van der Waals surface area (Å²) in [5.74, 6) is 2.21. The summed E-state index contributed by atoms with van der Waals surface area (Å²) in [5.41, 5.74) is 2.65. The fourth-order valence-electron chi connectivity index (χ4n) is 3.44. The molecule has 0 aliphatic heterocycles. The van der Waals surface area contributed by atoms with Crippen LogP contribution in [0.15, 0.2) is 67.0 Å². The fraction of sp³-hybridized carbons (Fsp3) is 0.120. The van der Waals surface area contributed by atoms with Gasteiger partial charge in [-0.15, -0.1) is 11.3 Å². The van der Waals surface area contributed by atoms with Gasteiger partial charge in [0.25, 0.3) is 5.91 Å². The summed E-state index contributed by atoms with van der Waals surface area (Å²) in [6.45, 7) is 5.77. The number of hydrogen-bond acceptors (Lipinski definition) is 6. The lowest BCUT2D eigenvalue weighted by molar-refractivity contribution is 0.103. The Morgan fingerprint density at radius 2 is 1.79 bits per heavy atom. The van der Waals surface area contributed by atoms with E-state index in [4.69, 9.17) is 4.74 Å². The smallest absolute Gasteiger partial charge is 0.265 e. The zero-order chi connectivity index (χ0) is 22.9. The van der Waals surface area contributed by atoms with Crippen molar-refractivity contribution in [1.82, 2.24) is 19.5 Å². The van der Waals surface area contributed by atoms with Crippen molar-refractivity contribution in [3.05, 3.63) is 89.1 Å². The van der Waals surface area contributed by atoms with Gasteiger partial charge in [0.05, 0.1) is 10.6 Å². The third-order valence-corrected chi connectivity index (χ3v) is 6.40. The number of imidazole rings is 1. The number of carbonyl (C=O) groups excluding carboxylic acids is 1. The summed E-state index contributed by atoms with van der Waals surface area (Å²) in [6, 6.07) is 18.8. The number of fused-ring (bicyclic) bond motifs is 1. The predicted molar refractivity (Wildman–Crippen MR) is 130 cm³/mol. The van der Waals surface area contributed by atoms with E-state index in [2.05, 4.69) is 20.3 Å². The molecule has 0 spiro atoms. The van der Waals surface area contributed by atoms with E-state index in [1.807, 2.05) is 55.7 Å². The molecule has 0 saturated heterocycles. The molecule has 0 saturated carbocycles. The van der Waals surface area contributed by atoms with E-state index in [-0.39, 0.29) is 5.91 Å². The minimum Gasteiger partial charge on any atom is -0.439 e. The summed E-state index contributed by atoms with van der Waals surface area (Å²) < 4.78 is 8.95. The fourth-order valence-corrected chi connectivity index (χ4v) is 4.40. The quantitative estimate of drug-likeness (QED) is 0.360. The van der Waals surface area contributed by atoms with Crippen molar-refractivity contribution in [1.29, 1.82) is 0 Å². The summed E-state index contributed by atoms with van der Waals surface area (Å²) >= 11 is 1.48. The average molecular weight is 456 g/mol. The van der Waals surface area contributed by atoms with Crippen LogP contribution in [0, 0.1) is 20.8 Å². The highest BCUT2D eigenvalue weighted by molar-refractivity contribution is 7.20. The van der Waals surface area contributed by atoms with Gasteiger partial charge in [0.1, 0.15) is 23.7 Å². The molecule has 5 rings (SSSR count). The highest BCUT2D eigenvalue weighted by Gasteiger charge is 2.12. The third-order valence-electron chi connectivity index (χ3n) is 5.28. The molecule has 5 aromatic rings. The van der Waals surface area contributed by atoms with Gasteiger partial charge in [-0.05, 0) is 62.6 Å². The second kappa shape index (κ2) is 8.48. The molecule has 3 aromatic heterocycles. The summed E-state index contributed by atoms with van der Waals surface area (Å²) in [7, 11) is 0. The number of rotatable bonds is 5. The number of benzene rings is 2. The van der Waals surface area contributed by atoms with E-state index in [0.717, 1.165) is 21.5 Å². The van der Waals surface area contributed by atoms with Crippen LogP contribution in [0.5, 0.6) is 11.6 Å². The Bertz CT molecular complexity index is 1440. The summed E-state index contributed by atoms with van der Waals surface area (Å²) in [4.78, 5) is 26.5. The second-order valence-electron chi connectivity index (χ2n) is 7.63. The minimum atomic E-state index is -0.132. The van der Waals surface area contributed by atoms with Crippen LogP contribution in [0.1, 0.15) is 26.9 Å². The number of aryl methyl sites for hydroxylation is 2. The Hall–Kier alpha value is -4.04. The van der Waals surface area contributed by atoms with Crippen LogP contribution in [0.4, 0.5) is 5.69 Å². The van der Waals surface area contributed by atoms with E-state index < -0.39 is 0 Å². The van der Waals surface area contributed by atoms with Crippen LogP contribution < -0.4 is 10.1 Å². The minimum absolute atomic E-state index is 0.132. The molecule has 0 fully saturated rings. The van der Waals surface area contributed by atoms with Gasteiger partial charge in [-0.2, -0.15) is 4.98 Å². The van der Waals surface area contributed by atoms with Crippen LogP contribution >= 0.6 is 11.3 Å². The number of nitrogens with zero attached hydrogens (tertiary/aromatic N) is 4. The monoisotopic (exact) mass is 455 g/mol. The molecule has 0 aliphatic rings. The molecule has 164 valence electrons. The van der Waals surface area contributed by atoms with Crippen molar-refractivity contribution >= 4 is 33.0 Å². The molecule has 7 nitrogen and oxygen atoms in total. The van der Waals surface area contributed by atoms with Gasteiger partial charge < -0.3 is 10.1 Å². The number of hydrogen-bond donors (Lipinski definition) is 1. The topological polar surface area (TPSA) is 81.9 Å². The molecular formula is C25H21N5O2S. The molecule has 1 amide bonds. The number of amides is 1. The Balaban J connectivity index is 1.31. The first-order valence-corrected chi connectivity index (χ1v) is 11.2. The van der Waals surface area contributed by atoms with Crippen molar-refractivity contribution < 1.29 is 9.53 Å². The maximum Gasteiger partial charge on any atom is 0.265 e. The molecular weight excluding hydrogens is 434 g/mol. The first-order chi connectivity index (χ1) is 16.0. The number of ether oxygens (including phenoxy) is 1. The maximum atomic E-state index is 12.6. The lowest BCUT2D eigenvalue weighted by Crippen LogP contribution is -2.09. The molecule has 33 heavy (non-hydrogen) atoms. The normalized spacial score (nSPS) is 11.0. The van der Waals surface area contributed by atoms with E-state index in [1.165, 1.54) is 11.3 Å². The zero-order valence-electron chi connectivity index (χ0n) is 18.4. The average Bonchev–Trinajstić information content (AvgIpc) is 3.38. The summed E-state index contributed by atoms with van der Waals surface area (Å²) in [5, 5.41) is 4.01. The van der Waals surface area contributed by atoms with Gasteiger partial charge in [-0.1, -0.05) is 18.2 Å². The van der Waals surface area contributed by atoms with E-state index >= 15 is 0 Å². The van der Waals surface area contributed by atoms with Gasteiger partial charge in [-0.3, -0.25) is 9.36 Å². The van der Waals surface area contributed by atoms with Gasteiger partial charge in [0, 0.05) is 22.1 Å². The largest absolute Gasteiger partial charge is 0.439 e. The zero-order valence-corrected chi connectivity index (χ0v) is 19.2. The molecule has 0 aliphatic carbocycles. The summed E-state index contributed by atoms with van der Waals surface area (Å²) in [6.07, 6.45) is 1.74. The van der Waals surface area contributed by atoms with Crippen molar-refractivity contribution in [2.45, 2.75) is 20.8 Å². The number of carbonyl (C=O) groups is 1. The first kappa shape index (κ1) is 20.8. The van der Waals surface area contributed by atoms with E-state index in [1.54, 1.807) is 36.7 Å². The SMILES string of the molecule is Cc1nc(Oc2ccc(NC(=O)c3cc4ccccc4s3)cc2)cc(-n2cnc(C)c2C)n1. The molecule has 8 heteroatoms. The van der Waals surface area contributed by atoms with Crippen molar-refractivity contribution in [3.8, 4) is 17.4 Å². The highest BCUT2D eigenvalue weighted by Crippen LogP contribution is 2.27. The molecule has 3 heterocycles. The standard InChI is InChI=1S/C25H21N5O2S/c1-15-16(2)30(14-26-15)23-13-24(28-17(3)27-23)32-20-10-8-19(9-11-20)29-25(31)22-12-18-6-4-5-7-21(18)33-22/h4-14H,1-3H3,(H,29,31). The lowest BCUT2D eigenvalue weighted by Gasteiger charge is -2.10. The lowest BCUT2D eigenvalue weighted by atomic mass is 10.2. The maximum absolute atomic E-state index is 12.6. The van der Waals surface area contributed by atoms with E-state index in [0.29, 0.717) is 33.8 Å². The molecule has 1 N–H and O–H groups in total. The number of anilines is 1. The molecule has 0 atom stereocenters. The molecule has 2 aromatic carbocycles. The Morgan fingerprint density at radius 1 is 1.00 bits per heavy atom. The van der Waals surface area contributed by atoms with Crippen molar-refractivity contribution in [3.63, 3.8) is 0 Å². The predicted octanol–water partition coefficient (Wildman–Crippen LogP) is 5.85. The van der Waals surface area contributed by atoms with Gasteiger partial charge >= 0.3 is 0 Å². The van der Waals surface area contributed by atoms with Gasteiger partial charge in [-0.25, -0.2) is 9.97 Å². The number of aromatic nitrogens is 4. The molecule has 0 radical (unpaired) electrons. The van der Waals surface area contributed by atoms with Crippen LogP contribution in [-0.4, -0.2) is 25.4 Å². The van der Waals surface area contributed by atoms with Crippen molar-refractivity contribution in [2.24, 2.45) is 0 Å². The van der Waals surface area contributed by atoms with Crippen LogP contribution in [0.25, 0.3) is 15.9 Å². The number of nitrogens with one attached hydrogen (secondary N) is 1. The Morgan fingerprint density at radius 3 is 2.52 bits per heavy atom. The van der Waals surface area contributed by atoms with Crippen LogP contribution in [-0.2, 0) is 0 Å². The van der Waals surface area contributed by atoms with Crippen LogP contribution in [0.2, 0.25) is 0 Å². The van der Waals surface area contributed by atoms with Crippen molar-refractivity contribution in [2.75, 3.05) is 5.32 Å². The third kappa shape index (κ3) is 4.33. The Kier molecular flexibility index (Phi) is 5.35. The first-order valence-electron chi connectivity index (χ1n) is 10.4. The van der Waals surface area contributed by atoms with Gasteiger partial charge in [0.15, 0.2) is 0 Å². The number of thiophene rings is 1. The van der Waals surface area contributed by atoms with Gasteiger partial charge in [0.2, 0.25) is 5.88 Å². The van der Waals surface area contributed by atoms with Crippen LogP contribution in [0.3, 0.4) is 0 Å². The highest BCUT2D eigenvalue weighted by atomic mass is 32.1. The molecule has 0 bridgehead atoms. The van der Waals surface area contributed by atoms with E-state index in [9.17, 15) is 4.79 Å². The second-order valence-corrected chi connectivity index (χ2v) is 8.71. The molecule has 0 unspecified atom stereocenters. The Labute approximate surface area is 194 Å².